The van der Waals surface area contributed by atoms with Crippen LogP contribution < -0.4 is 10.6 Å². The van der Waals surface area contributed by atoms with Gasteiger partial charge in [0.1, 0.15) is 6.17 Å². The number of rotatable bonds is 5. The zero-order valence-corrected chi connectivity index (χ0v) is 12.2. The second kappa shape index (κ2) is 8.38. The molecule has 0 fully saturated rings. The smallest absolute Gasteiger partial charge is 0.319 e. The van der Waals surface area contributed by atoms with Gasteiger partial charge in [0.25, 0.3) is 0 Å². The Bertz CT molecular complexity index is 512. The van der Waals surface area contributed by atoms with Gasteiger partial charge in [-0.05, 0) is 43.7 Å². The van der Waals surface area contributed by atoms with Gasteiger partial charge in [-0.2, -0.15) is 0 Å². The Morgan fingerprint density at radius 1 is 1.50 bits per heavy atom. The van der Waals surface area contributed by atoms with Crippen molar-refractivity contribution in [3.8, 4) is 0 Å². The molecule has 2 amide bonds. The van der Waals surface area contributed by atoms with Crippen LogP contribution in [0.5, 0.6) is 0 Å². The number of nitrogens with one attached hydrogen (secondary N) is 2. The lowest BCUT2D eigenvalue weighted by atomic mass is 10.2. The van der Waals surface area contributed by atoms with E-state index in [1.165, 1.54) is 13.0 Å². The summed E-state index contributed by atoms with van der Waals surface area (Å²) in [5, 5.41) is 5.88. The molecule has 1 aromatic carbocycles. The van der Waals surface area contributed by atoms with E-state index in [1.54, 1.807) is 31.2 Å². The average Bonchev–Trinajstić information content (AvgIpc) is 2.36. The lowest BCUT2D eigenvalue weighted by Gasteiger charge is -2.09. The van der Waals surface area contributed by atoms with Crippen LogP contribution in [-0.2, 0) is 6.54 Å². The zero-order chi connectivity index (χ0) is 15.0. The van der Waals surface area contributed by atoms with Crippen molar-refractivity contribution in [2.24, 2.45) is 0 Å². The Morgan fingerprint density at radius 2 is 2.25 bits per heavy atom. The van der Waals surface area contributed by atoms with Crippen LogP contribution in [-0.4, -0.2) is 12.2 Å². The van der Waals surface area contributed by atoms with E-state index in [-0.39, 0.29) is 0 Å². The zero-order valence-electron chi connectivity index (χ0n) is 11.5. The summed E-state index contributed by atoms with van der Waals surface area (Å²) in [4.78, 5) is 11.7. The minimum Gasteiger partial charge on any atom is -0.334 e. The van der Waals surface area contributed by atoms with Crippen molar-refractivity contribution in [1.82, 2.24) is 10.6 Å². The number of amides is 2. The minimum atomic E-state index is -1.13. The fraction of sp³-hybridized carbons (Fsp3) is 0.267. The van der Waals surface area contributed by atoms with Crippen LogP contribution in [0.3, 0.4) is 0 Å². The average molecular weight is 297 g/mol. The molecule has 0 spiro atoms. The number of urea groups is 1. The quantitative estimate of drug-likeness (QED) is 0.794. The first kappa shape index (κ1) is 16.2. The largest absolute Gasteiger partial charge is 0.334 e. The molecule has 1 unspecified atom stereocenters. The molecule has 0 saturated heterocycles. The molecule has 1 rings (SSSR count). The molecule has 1 atom stereocenters. The summed E-state index contributed by atoms with van der Waals surface area (Å²) in [5.41, 5.74) is 1.31. The van der Waals surface area contributed by atoms with Crippen molar-refractivity contribution in [1.29, 1.82) is 0 Å². The fourth-order valence-electron chi connectivity index (χ4n) is 1.57. The molecular weight excluding hydrogens is 279 g/mol. The molecule has 3 nitrogen and oxygen atoms in total. The summed E-state index contributed by atoms with van der Waals surface area (Å²) in [5.74, 6) is 0. The van der Waals surface area contributed by atoms with Gasteiger partial charge in [-0.3, -0.25) is 0 Å². The van der Waals surface area contributed by atoms with Crippen LogP contribution in [0.1, 0.15) is 19.4 Å². The number of alkyl halides is 1. The van der Waals surface area contributed by atoms with E-state index in [0.29, 0.717) is 17.3 Å². The Balaban J connectivity index is 2.54. The molecule has 1 aromatic rings. The van der Waals surface area contributed by atoms with Gasteiger partial charge < -0.3 is 10.6 Å². The standard InChI is InChI=1S/C15H18ClFN2O/c1-3-5-14(8-11(2)17)19-15(20)18-10-12-6-4-7-13(16)9-12/h3-9,11H,10H2,1-2H3,(H2,18,19,20)/b5-3-,14-8+. The Hall–Kier alpha value is -1.81. The number of hydrogen-bond acceptors (Lipinski definition) is 1. The Kier molecular flexibility index (Phi) is 6.81. The summed E-state index contributed by atoms with van der Waals surface area (Å²) >= 11 is 5.85. The first-order valence-electron chi connectivity index (χ1n) is 6.29. The van der Waals surface area contributed by atoms with E-state index in [1.807, 2.05) is 12.1 Å². The van der Waals surface area contributed by atoms with E-state index < -0.39 is 12.2 Å². The van der Waals surface area contributed by atoms with Crippen LogP contribution in [0.2, 0.25) is 5.02 Å². The molecule has 0 aliphatic carbocycles. The van der Waals surface area contributed by atoms with Gasteiger partial charge in [0.15, 0.2) is 0 Å². The van der Waals surface area contributed by atoms with Crippen LogP contribution in [0, 0.1) is 0 Å². The maximum atomic E-state index is 12.9. The lowest BCUT2D eigenvalue weighted by molar-refractivity contribution is 0.243. The maximum Gasteiger partial charge on any atom is 0.319 e. The van der Waals surface area contributed by atoms with E-state index in [9.17, 15) is 9.18 Å². The van der Waals surface area contributed by atoms with Gasteiger partial charge in [0.2, 0.25) is 0 Å². The molecule has 0 aromatic heterocycles. The van der Waals surface area contributed by atoms with Crippen LogP contribution in [0.4, 0.5) is 9.18 Å². The summed E-state index contributed by atoms with van der Waals surface area (Å²) < 4.78 is 12.9. The first-order chi connectivity index (χ1) is 9.51. The van der Waals surface area contributed by atoms with Gasteiger partial charge >= 0.3 is 6.03 Å². The molecular formula is C15H18ClFN2O. The van der Waals surface area contributed by atoms with Gasteiger partial charge in [0, 0.05) is 17.3 Å². The molecule has 0 saturated carbocycles. The number of hydrogen-bond donors (Lipinski definition) is 2. The topological polar surface area (TPSA) is 41.1 Å². The molecule has 0 heterocycles. The van der Waals surface area contributed by atoms with Crippen LogP contribution in [0.15, 0.2) is 48.2 Å². The summed E-state index contributed by atoms with van der Waals surface area (Å²) in [6, 6.07) is 6.82. The van der Waals surface area contributed by atoms with Crippen molar-refractivity contribution in [2.75, 3.05) is 0 Å². The fourth-order valence-corrected chi connectivity index (χ4v) is 1.78. The number of carbonyl (C=O) groups excluding carboxylic acids is 1. The van der Waals surface area contributed by atoms with Crippen molar-refractivity contribution in [3.05, 3.63) is 58.8 Å². The second-order valence-electron chi connectivity index (χ2n) is 4.24. The summed E-state index contributed by atoms with van der Waals surface area (Å²) in [7, 11) is 0. The Labute approximate surface area is 123 Å². The van der Waals surface area contributed by atoms with Crippen LogP contribution >= 0.6 is 11.6 Å². The minimum absolute atomic E-state index is 0.348. The van der Waals surface area contributed by atoms with E-state index >= 15 is 0 Å². The second-order valence-corrected chi connectivity index (χ2v) is 4.67. The predicted octanol–water partition coefficient (Wildman–Crippen LogP) is 3.96. The number of benzene rings is 1. The van der Waals surface area contributed by atoms with Gasteiger partial charge in [-0.25, -0.2) is 9.18 Å². The molecule has 0 bridgehead atoms. The molecule has 5 heteroatoms. The van der Waals surface area contributed by atoms with Gasteiger partial charge in [-0.15, -0.1) is 0 Å². The highest BCUT2D eigenvalue weighted by Gasteiger charge is 2.04. The lowest BCUT2D eigenvalue weighted by Crippen LogP contribution is -2.34. The van der Waals surface area contributed by atoms with E-state index in [4.69, 9.17) is 11.6 Å². The van der Waals surface area contributed by atoms with Crippen molar-refractivity contribution >= 4 is 17.6 Å². The number of carbonyl (C=O) groups is 1. The molecule has 20 heavy (non-hydrogen) atoms. The molecule has 0 aliphatic heterocycles. The molecule has 0 aliphatic rings. The third kappa shape index (κ3) is 6.38. The maximum absolute atomic E-state index is 12.9. The summed E-state index contributed by atoms with van der Waals surface area (Å²) in [6.45, 7) is 3.54. The van der Waals surface area contributed by atoms with Gasteiger partial charge in [0.05, 0.1) is 0 Å². The summed E-state index contributed by atoms with van der Waals surface area (Å²) in [6.07, 6.45) is 3.56. The molecule has 0 radical (unpaired) electrons. The van der Waals surface area contributed by atoms with E-state index in [0.717, 1.165) is 5.56 Å². The number of halogens is 2. The monoisotopic (exact) mass is 296 g/mol. The predicted molar refractivity (Wildman–Crippen MR) is 80.3 cm³/mol. The molecule has 108 valence electrons. The van der Waals surface area contributed by atoms with Crippen molar-refractivity contribution in [3.63, 3.8) is 0 Å². The third-order valence-corrected chi connectivity index (χ3v) is 2.59. The normalized spacial score (nSPS) is 13.3. The SMILES string of the molecule is C/C=C\C(=C/C(C)F)NC(=O)NCc1cccc(Cl)c1. The number of allylic oxidation sites excluding steroid dienone is 3. The third-order valence-electron chi connectivity index (χ3n) is 2.36. The van der Waals surface area contributed by atoms with Crippen LogP contribution in [0.25, 0.3) is 0 Å². The Morgan fingerprint density at radius 3 is 2.85 bits per heavy atom. The molecule has 2 N–H and O–H groups in total. The highest BCUT2D eigenvalue weighted by molar-refractivity contribution is 6.30. The first-order valence-corrected chi connectivity index (χ1v) is 6.67. The van der Waals surface area contributed by atoms with E-state index in [2.05, 4.69) is 10.6 Å². The van der Waals surface area contributed by atoms with Crippen molar-refractivity contribution in [2.45, 2.75) is 26.6 Å². The van der Waals surface area contributed by atoms with Gasteiger partial charge in [-0.1, -0.05) is 29.8 Å². The van der Waals surface area contributed by atoms with Crippen molar-refractivity contribution < 1.29 is 9.18 Å². The highest BCUT2D eigenvalue weighted by Crippen LogP contribution is 2.10. The highest BCUT2D eigenvalue weighted by atomic mass is 35.5.